The van der Waals surface area contributed by atoms with Gasteiger partial charge in [0.15, 0.2) is 5.17 Å². The van der Waals surface area contributed by atoms with E-state index >= 15 is 0 Å². The smallest absolute Gasteiger partial charge is 0.176 e. The maximum absolute atomic E-state index is 8.44. The average Bonchev–Trinajstić information content (AvgIpc) is 2.08. The number of oxime groups is 1. The predicted octanol–water partition coefficient (Wildman–Crippen LogP) is 3.13. The molecule has 0 saturated carbocycles. The van der Waals surface area contributed by atoms with E-state index in [1.54, 1.807) is 0 Å². The fourth-order valence-electron chi connectivity index (χ4n) is 0.851. The van der Waals surface area contributed by atoms with Crippen molar-refractivity contribution in [3.63, 3.8) is 0 Å². The molecule has 0 saturated heterocycles. The van der Waals surface area contributed by atoms with Crippen molar-refractivity contribution in [1.82, 2.24) is 0 Å². The number of nitrogens with zero attached hydrogens (tertiary/aromatic N) is 1. The van der Waals surface area contributed by atoms with Gasteiger partial charge in [-0.2, -0.15) is 0 Å². The summed E-state index contributed by atoms with van der Waals surface area (Å²) in [6.45, 7) is 1.94. The van der Waals surface area contributed by atoms with Gasteiger partial charge < -0.3 is 5.21 Å². The first kappa shape index (κ1) is 9.55. The molecule has 0 atom stereocenters. The topological polar surface area (TPSA) is 32.6 Å². The van der Waals surface area contributed by atoms with Crippen LogP contribution in [0.25, 0.3) is 0 Å². The maximum atomic E-state index is 8.44. The molecule has 4 heteroatoms. The molecule has 1 N–H and O–H groups in total. The second-order valence-corrected chi connectivity index (χ2v) is 3.59. The molecule has 0 amide bonds. The highest BCUT2D eigenvalue weighted by Crippen LogP contribution is 2.20. The molecule has 0 aliphatic carbocycles. The Hall–Kier alpha value is -0.540. The van der Waals surface area contributed by atoms with Crippen molar-refractivity contribution in [3.8, 4) is 0 Å². The molecule has 12 heavy (non-hydrogen) atoms. The van der Waals surface area contributed by atoms with Crippen molar-refractivity contribution in [2.24, 2.45) is 5.16 Å². The zero-order valence-corrected chi connectivity index (χ0v) is 8.72. The molecule has 0 heterocycles. The van der Waals surface area contributed by atoms with Crippen molar-refractivity contribution in [2.45, 2.75) is 6.92 Å². The van der Waals surface area contributed by atoms with Gasteiger partial charge in [-0.1, -0.05) is 44.3 Å². The highest BCUT2D eigenvalue weighted by Gasteiger charge is 2.05. The molecule has 0 aromatic heterocycles. The van der Waals surface area contributed by atoms with E-state index in [2.05, 4.69) is 21.1 Å². The summed E-state index contributed by atoms with van der Waals surface area (Å²) < 4.78 is 0.816. The number of hydrogen-bond acceptors (Lipinski definition) is 2. The first-order valence-corrected chi connectivity index (χ1v) is 4.46. The van der Waals surface area contributed by atoms with Crippen molar-refractivity contribution in [1.29, 1.82) is 0 Å². The zero-order chi connectivity index (χ0) is 9.14. The molecule has 0 aliphatic heterocycles. The summed E-state index contributed by atoms with van der Waals surface area (Å²) in [5.41, 5.74) is 1.76. The molecular weight excluding hydrogens is 241 g/mol. The number of rotatable bonds is 1. The maximum Gasteiger partial charge on any atom is 0.176 e. The molecule has 1 aromatic rings. The second-order valence-electron chi connectivity index (χ2n) is 2.37. The molecule has 0 radical (unpaired) electrons. The van der Waals surface area contributed by atoms with Crippen molar-refractivity contribution in [2.75, 3.05) is 0 Å². The Labute approximate surface area is 84.0 Å². The third-order valence-electron chi connectivity index (χ3n) is 1.43. The van der Waals surface area contributed by atoms with Gasteiger partial charge in [0.2, 0.25) is 0 Å². The van der Waals surface area contributed by atoms with Crippen LogP contribution in [-0.4, -0.2) is 10.4 Å². The van der Waals surface area contributed by atoms with E-state index in [9.17, 15) is 0 Å². The van der Waals surface area contributed by atoms with Crippen LogP contribution < -0.4 is 0 Å². The Kier molecular flexibility index (Phi) is 3.12. The Morgan fingerprint density at radius 2 is 2.25 bits per heavy atom. The molecular formula is C8H7BrClNO. The quantitative estimate of drug-likeness (QED) is 0.462. The minimum Gasteiger partial charge on any atom is -0.410 e. The largest absolute Gasteiger partial charge is 0.410 e. The van der Waals surface area contributed by atoms with Crippen LogP contribution in [0.2, 0.25) is 0 Å². The van der Waals surface area contributed by atoms with Gasteiger partial charge in [0.05, 0.1) is 0 Å². The first-order valence-electron chi connectivity index (χ1n) is 3.29. The van der Waals surface area contributed by atoms with Crippen LogP contribution in [0.15, 0.2) is 27.8 Å². The Bertz CT molecular complexity index is 325. The third kappa shape index (κ3) is 1.99. The molecule has 64 valence electrons. The Morgan fingerprint density at radius 3 is 2.83 bits per heavy atom. The van der Waals surface area contributed by atoms with E-state index in [1.807, 2.05) is 25.1 Å². The molecule has 0 aliphatic rings. The van der Waals surface area contributed by atoms with Gasteiger partial charge in [-0.05, 0) is 19.1 Å². The molecule has 2 nitrogen and oxygen atoms in total. The van der Waals surface area contributed by atoms with Gasteiger partial charge in [-0.3, -0.25) is 0 Å². The summed E-state index contributed by atoms with van der Waals surface area (Å²) in [4.78, 5) is 0. The fourth-order valence-corrected chi connectivity index (χ4v) is 1.56. The normalized spacial score (nSPS) is 11.8. The van der Waals surface area contributed by atoms with Gasteiger partial charge in [-0.15, -0.1) is 0 Å². The number of hydrogen-bond donors (Lipinski definition) is 1. The first-order chi connectivity index (χ1) is 5.65. The second kappa shape index (κ2) is 3.92. The van der Waals surface area contributed by atoms with Crippen LogP contribution in [-0.2, 0) is 0 Å². The van der Waals surface area contributed by atoms with Crippen LogP contribution in [0.1, 0.15) is 11.1 Å². The molecule has 0 unspecified atom stereocenters. The Morgan fingerprint density at radius 1 is 1.58 bits per heavy atom. The zero-order valence-electron chi connectivity index (χ0n) is 6.38. The number of aryl methyl sites for hydroxylation is 1. The lowest BCUT2D eigenvalue weighted by molar-refractivity contribution is 0.321. The van der Waals surface area contributed by atoms with E-state index in [0.717, 1.165) is 10.0 Å². The lowest BCUT2D eigenvalue weighted by Gasteiger charge is -2.01. The number of halogens is 2. The van der Waals surface area contributed by atoms with E-state index in [-0.39, 0.29) is 5.17 Å². The van der Waals surface area contributed by atoms with Gasteiger partial charge >= 0.3 is 0 Å². The Balaban J connectivity index is 3.23. The van der Waals surface area contributed by atoms with Crippen LogP contribution in [0.5, 0.6) is 0 Å². The molecule has 1 aromatic carbocycles. The third-order valence-corrected chi connectivity index (χ3v) is 2.40. The van der Waals surface area contributed by atoms with E-state index < -0.39 is 0 Å². The van der Waals surface area contributed by atoms with Gasteiger partial charge in [0.1, 0.15) is 0 Å². The van der Waals surface area contributed by atoms with E-state index in [4.69, 9.17) is 16.8 Å². The highest BCUT2D eigenvalue weighted by molar-refractivity contribution is 9.10. The summed E-state index contributed by atoms with van der Waals surface area (Å²) >= 11 is 8.93. The highest BCUT2D eigenvalue weighted by atomic mass is 79.9. The lowest BCUT2D eigenvalue weighted by atomic mass is 10.1. The minimum absolute atomic E-state index is 0.0885. The van der Waals surface area contributed by atoms with Crippen LogP contribution in [0.4, 0.5) is 0 Å². The molecule has 0 fully saturated rings. The van der Waals surface area contributed by atoms with Crippen LogP contribution in [0, 0.1) is 6.92 Å². The molecule has 0 spiro atoms. The van der Waals surface area contributed by atoms with E-state index in [0.29, 0.717) is 5.56 Å². The van der Waals surface area contributed by atoms with Gasteiger partial charge in [0, 0.05) is 10.0 Å². The number of benzene rings is 1. The average molecular weight is 249 g/mol. The minimum atomic E-state index is 0.0885. The lowest BCUT2D eigenvalue weighted by Crippen LogP contribution is -1.93. The van der Waals surface area contributed by atoms with Crippen LogP contribution >= 0.6 is 27.5 Å². The van der Waals surface area contributed by atoms with Crippen molar-refractivity contribution < 1.29 is 5.21 Å². The van der Waals surface area contributed by atoms with Gasteiger partial charge in [-0.25, -0.2) is 0 Å². The van der Waals surface area contributed by atoms with Crippen LogP contribution in [0.3, 0.4) is 0 Å². The van der Waals surface area contributed by atoms with E-state index in [1.165, 1.54) is 0 Å². The summed E-state index contributed by atoms with van der Waals surface area (Å²) in [6.07, 6.45) is 0. The monoisotopic (exact) mass is 247 g/mol. The summed E-state index contributed by atoms with van der Waals surface area (Å²) in [5.74, 6) is 0. The summed E-state index contributed by atoms with van der Waals surface area (Å²) in [5, 5.41) is 11.4. The molecule has 0 bridgehead atoms. The SMILES string of the molecule is Cc1ccc(Br)c(/C(Cl)=N/O)c1. The standard InChI is InChI=1S/C8H7BrClNO/c1-5-2-3-7(9)6(4-5)8(10)11-12/h2-4,12H,1H3/b11-8-. The van der Waals surface area contributed by atoms with Gasteiger partial charge in [0.25, 0.3) is 0 Å². The van der Waals surface area contributed by atoms with Crippen molar-refractivity contribution in [3.05, 3.63) is 33.8 Å². The summed E-state index contributed by atoms with van der Waals surface area (Å²) in [6, 6.07) is 5.64. The molecule has 1 rings (SSSR count). The van der Waals surface area contributed by atoms with Crippen molar-refractivity contribution >= 4 is 32.7 Å². The summed E-state index contributed by atoms with van der Waals surface area (Å²) in [7, 11) is 0. The predicted molar refractivity (Wildman–Crippen MR) is 53.1 cm³/mol. The fraction of sp³-hybridized carbons (Fsp3) is 0.125.